The topological polar surface area (TPSA) is 304 Å². The predicted octanol–water partition coefficient (Wildman–Crippen LogP) is -3.09. The van der Waals surface area contributed by atoms with Crippen LogP contribution in [0.3, 0.4) is 0 Å². The Balaban J connectivity index is 1.15. The second-order valence-electron chi connectivity index (χ2n) is 14.6. The molecule has 22 nitrogen and oxygen atoms in total. The number of nitrogens with zero attached hydrogens (tertiary/aromatic N) is 6. The fourth-order valence-corrected chi connectivity index (χ4v) is 7.81. The van der Waals surface area contributed by atoms with Gasteiger partial charge in [-0.3, -0.25) is 33.5 Å². The molecule has 2 saturated heterocycles. The van der Waals surface area contributed by atoms with E-state index in [1.54, 1.807) is 41.4 Å². The van der Waals surface area contributed by atoms with Crippen LogP contribution in [0.1, 0.15) is 75.9 Å². The van der Waals surface area contributed by atoms with Gasteiger partial charge in [0.1, 0.15) is 36.7 Å². The van der Waals surface area contributed by atoms with Crippen LogP contribution in [0.2, 0.25) is 0 Å². The first-order valence-corrected chi connectivity index (χ1v) is 21.4. The van der Waals surface area contributed by atoms with Crippen LogP contribution in [-0.2, 0) is 35.1 Å². The van der Waals surface area contributed by atoms with E-state index in [1.807, 2.05) is 0 Å². The highest BCUT2D eigenvalue weighted by Gasteiger charge is 2.44. The standard InChI is InChI=1S/C37H59N9O13S/c1-4-29(51)43(12-13-44(30(52)5-2)14-16-60-15-9-28(50)39-32-34(54)33(53)26(21-48)59-36(32)56)11-10-38-27(49)8-6-7-23-19-46(42-41-23)24-17-31(58-25(24)20-47)45-18-22(3)35(55)40-37(45)57/h18-19,24-26,31-34,36,47-48,53-54,56H,4-17,20-21H2,1-3H3,(H,38,49)(H,39,50)(H,40,55,57)/t24?,25?,26?,31?,32?,33-,34+,36-/m1/s1. The van der Waals surface area contributed by atoms with Crippen molar-refractivity contribution in [3.05, 3.63) is 44.5 Å². The van der Waals surface area contributed by atoms with E-state index in [4.69, 9.17) is 9.47 Å². The summed E-state index contributed by atoms with van der Waals surface area (Å²) in [6.45, 7) is 5.49. The van der Waals surface area contributed by atoms with Crippen LogP contribution in [0.5, 0.6) is 0 Å². The van der Waals surface area contributed by atoms with Gasteiger partial charge in [-0.1, -0.05) is 19.1 Å². The molecule has 2 aliphatic rings. The maximum Gasteiger partial charge on any atom is 0.330 e. The second-order valence-corrected chi connectivity index (χ2v) is 15.9. The van der Waals surface area contributed by atoms with Gasteiger partial charge in [0.2, 0.25) is 23.6 Å². The van der Waals surface area contributed by atoms with Crippen LogP contribution >= 0.6 is 11.8 Å². The number of aryl methyl sites for hydroxylation is 2. The summed E-state index contributed by atoms with van der Waals surface area (Å²) in [5, 5.41) is 63.2. The molecule has 2 aromatic heterocycles. The Morgan fingerprint density at radius 1 is 0.900 bits per heavy atom. The lowest BCUT2D eigenvalue weighted by Crippen LogP contribution is -2.64. The number of amides is 4. The normalized spacial score (nSPS) is 23.9. The molecule has 0 bridgehead atoms. The molecule has 4 amide bonds. The van der Waals surface area contributed by atoms with Gasteiger partial charge in [0.05, 0.1) is 24.9 Å². The van der Waals surface area contributed by atoms with E-state index in [0.29, 0.717) is 48.6 Å². The molecule has 5 unspecified atom stereocenters. The molecule has 0 saturated carbocycles. The Hall–Kier alpha value is -4.23. The van der Waals surface area contributed by atoms with Gasteiger partial charge in [-0.2, -0.15) is 11.8 Å². The monoisotopic (exact) mass is 869 g/mol. The number of thioether (sulfide) groups is 1. The van der Waals surface area contributed by atoms with E-state index in [2.05, 4.69) is 25.9 Å². The minimum absolute atomic E-state index is 0.0307. The first-order chi connectivity index (χ1) is 28.7. The summed E-state index contributed by atoms with van der Waals surface area (Å²) in [5.41, 5.74) is -0.131. The van der Waals surface area contributed by atoms with Crippen LogP contribution in [-0.4, -0.2) is 178 Å². The molecule has 23 heteroatoms. The lowest BCUT2D eigenvalue weighted by molar-refractivity contribution is -0.253. The van der Waals surface area contributed by atoms with Crippen LogP contribution in [0.4, 0.5) is 0 Å². The molecule has 2 aliphatic heterocycles. The number of nitrogens with one attached hydrogen (secondary N) is 3. The zero-order chi connectivity index (χ0) is 43.9. The van der Waals surface area contributed by atoms with E-state index >= 15 is 0 Å². The molecule has 2 fully saturated rings. The number of aromatic amines is 1. The highest BCUT2D eigenvalue weighted by Crippen LogP contribution is 2.35. The number of aromatic nitrogens is 5. The summed E-state index contributed by atoms with van der Waals surface area (Å²) in [7, 11) is 0. The molecule has 0 radical (unpaired) electrons. The Kier molecular flexibility index (Phi) is 19.1. The van der Waals surface area contributed by atoms with E-state index in [9.17, 15) is 54.3 Å². The largest absolute Gasteiger partial charge is 0.394 e. The van der Waals surface area contributed by atoms with Crippen LogP contribution in [0, 0.1) is 6.92 Å². The summed E-state index contributed by atoms with van der Waals surface area (Å²) in [6.07, 6.45) is -2.12. The molecule has 2 aromatic rings. The average Bonchev–Trinajstić information content (AvgIpc) is 3.89. The number of aliphatic hydroxyl groups is 5. The van der Waals surface area contributed by atoms with E-state index < -0.39 is 72.8 Å². The lowest BCUT2D eigenvalue weighted by atomic mass is 9.97. The van der Waals surface area contributed by atoms with Gasteiger partial charge in [0.25, 0.3) is 5.56 Å². The third kappa shape index (κ3) is 13.4. The number of hydrogen-bond donors (Lipinski definition) is 8. The molecule has 0 spiro atoms. The van der Waals surface area contributed by atoms with Crippen molar-refractivity contribution in [1.82, 2.24) is 45.0 Å². The summed E-state index contributed by atoms with van der Waals surface area (Å²) in [6, 6.07) is -1.69. The molecular formula is C37H59N9O13S. The van der Waals surface area contributed by atoms with E-state index in [1.165, 1.54) is 22.5 Å². The van der Waals surface area contributed by atoms with Crippen LogP contribution in [0.15, 0.2) is 22.0 Å². The number of rotatable bonds is 23. The summed E-state index contributed by atoms with van der Waals surface area (Å²) in [5.74, 6) is -0.0505. The fourth-order valence-electron chi connectivity index (χ4n) is 6.93. The van der Waals surface area contributed by atoms with Crippen molar-refractivity contribution >= 4 is 35.4 Å². The Labute approximate surface area is 350 Å². The molecule has 4 heterocycles. The minimum atomic E-state index is -1.61. The summed E-state index contributed by atoms with van der Waals surface area (Å²) >= 11 is 1.42. The van der Waals surface area contributed by atoms with Gasteiger partial charge >= 0.3 is 5.69 Å². The lowest BCUT2D eigenvalue weighted by Gasteiger charge is -2.40. The van der Waals surface area contributed by atoms with Gasteiger partial charge in [0.15, 0.2) is 6.29 Å². The van der Waals surface area contributed by atoms with Crippen molar-refractivity contribution < 1.29 is 54.2 Å². The Morgan fingerprint density at radius 2 is 1.58 bits per heavy atom. The minimum Gasteiger partial charge on any atom is -0.394 e. The van der Waals surface area contributed by atoms with Gasteiger partial charge < -0.3 is 55.4 Å². The quantitative estimate of drug-likeness (QED) is 0.0514. The number of carbonyl (C=O) groups excluding carboxylic acids is 4. The van der Waals surface area contributed by atoms with E-state index in [0.717, 1.165) is 0 Å². The smallest absolute Gasteiger partial charge is 0.330 e. The van der Waals surface area contributed by atoms with Crippen molar-refractivity contribution in [2.75, 3.05) is 57.4 Å². The highest BCUT2D eigenvalue weighted by atomic mass is 32.2. The third-order valence-electron chi connectivity index (χ3n) is 10.4. The maximum absolute atomic E-state index is 12.8. The Bertz CT molecular complexity index is 1840. The summed E-state index contributed by atoms with van der Waals surface area (Å²) in [4.78, 5) is 80.4. The number of H-pyrrole nitrogens is 1. The Morgan fingerprint density at radius 3 is 2.25 bits per heavy atom. The summed E-state index contributed by atoms with van der Waals surface area (Å²) < 4.78 is 13.8. The van der Waals surface area contributed by atoms with Crippen LogP contribution < -0.4 is 21.9 Å². The number of carbonyl (C=O) groups is 4. The molecule has 0 aromatic carbocycles. The predicted molar refractivity (Wildman–Crippen MR) is 214 cm³/mol. The molecule has 336 valence electrons. The molecule has 60 heavy (non-hydrogen) atoms. The van der Waals surface area contributed by atoms with Gasteiger partial charge in [-0.15, -0.1) is 5.10 Å². The maximum atomic E-state index is 12.8. The zero-order valence-corrected chi connectivity index (χ0v) is 35.0. The van der Waals surface area contributed by atoms with Crippen molar-refractivity contribution in [3.8, 4) is 0 Å². The SMILES string of the molecule is CCC(=O)N(CCNC(=O)CCCc1cn(C2CC(n3cc(C)c(=O)[nH]c3=O)OC2CO)nn1)CCN(CCSCCC(=O)NC1[C@H](O)OC(CO)[C@@H](O)[C@H]1O)C(=O)CC. The second kappa shape index (κ2) is 23.7. The molecular weight excluding hydrogens is 811 g/mol. The highest BCUT2D eigenvalue weighted by molar-refractivity contribution is 7.99. The molecule has 8 N–H and O–H groups in total. The first-order valence-electron chi connectivity index (χ1n) is 20.2. The first kappa shape index (κ1) is 48.4. The van der Waals surface area contributed by atoms with Crippen molar-refractivity contribution in [2.45, 2.75) is 115 Å². The molecule has 0 aliphatic carbocycles. The zero-order valence-electron chi connectivity index (χ0n) is 34.2. The molecule has 8 atom stereocenters. The average molecular weight is 870 g/mol. The van der Waals surface area contributed by atoms with Crippen molar-refractivity contribution in [1.29, 1.82) is 0 Å². The fraction of sp³-hybridized carbons (Fsp3) is 0.730. The number of hydrogen-bond acceptors (Lipinski definition) is 16. The van der Waals surface area contributed by atoms with Crippen LogP contribution in [0.25, 0.3) is 0 Å². The third-order valence-corrected chi connectivity index (χ3v) is 11.4. The van der Waals surface area contributed by atoms with E-state index in [-0.39, 0.29) is 76.2 Å². The number of ether oxygens (including phenoxy) is 2. The van der Waals surface area contributed by atoms with Gasteiger partial charge in [0, 0.05) is 94.3 Å². The van der Waals surface area contributed by atoms with Gasteiger partial charge in [-0.25, -0.2) is 9.48 Å². The molecule has 4 rings (SSSR count). The van der Waals surface area contributed by atoms with Gasteiger partial charge in [-0.05, 0) is 19.8 Å². The number of aliphatic hydroxyl groups excluding tert-OH is 5. The van der Waals surface area contributed by atoms with Crippen molar-refractivity contribution in [3.63, 3.8) is 0 Å². The van der Waals surface area contributed by atoms with Crippen molar-refractivity contribution in [2.24, 2.45) is 0 Å².